The molecule has 0 spiro atoms. The van der Waals surface area contributed by atoms with E-state index in [-0.39, 0.29) is 0 Å². The van der Waals surface area contributed by atoms with Crippen LogP contribution >= 0.6 is 0 Å². The molecular formula is C4H10O4. The number of hydrogen-bond donors (Lipinski definition) is 1. The summed E-state index contributed by atoms with van der Waals surface area (Å²) in [5.41, 5.74) is 0. The maximum Gasteiger partial charge on any atom is 0.292 e. The van der Waals surface area contributed by atoms with Crippen LogP contribution in [0.15, 0.2) is 0 Å². The lowest BCUT2D eigenvalue weighted by Gasteiger charge is -1.67. The highest BCUT2D eigenvalue weighted by Gasteiger charge is 1.44. The summed E-state index contributed by atoms with van der Waals surface area (Å²) < 4.78 is 3.86. The lowest BCUT2D eigenvalue weighted by molar-refractivity contribution is -0.126. The van der Waals surface area contributed by atoms with Crippen LogP contribution in [0.4, 0.5) is 0 Å². The van der Waals surface area contributed by atoms with Gasteiger partial charge >= 0.3 is 0 Å². The normalized spacial score (nSPS) is 3.88. The van der Waals surface area contributed by atoms with Crippen molar-refractivity contribution in [3.05, 3.63) is 0 Å². The Bertz CT molecular complexity index is 29.2. The van der Waals surface area contributed by atoms with Gasteiger partial charge in [0.2, 0.25) is 0 Å². The summed E-state index contributed by atoms with van der Waals surface area (Å²) in [7, 11) is 2.31. The summed E-state index contributed by atoms with van der Waals surface area (Å²) in [6.45, 7) is 2.38. The van der Waals surface area contributed by atoms with E-state index >= 15 is 0 Å². The molecule has 1 N–H and O–H groups in total. The molecule has 0 aliphatic carbocycles. The van der Waals surface area contributed by atoms with E-state index in [2.05, 4.69) is 4.74 Å². The Hall–Kier alpha value is -0.900. The van der Waals surface area contributed by atoms with Crippen molar-refractivity contribution in [2.45, 2.75) is 0 Å². The maximum atomic E-state index is 8.95. The van der Waals surface area contributed by atoms with Crippen molar-refractivity contribution in [2.75, 3.05) is 14.2 Å². The Balaban J connectivity index is -0.0000000542. The number of rotatable bonds is 1. The van der Waals surface area contributed by atoms with Gasteiger partial charge in [-0.15, -0.1) is 0 Å². The first-order valence-corrected chi connectivity index (χ1v) is 1.62. The van der Waals surface area contributed by atoms with Crippen LogP contribution < -0.4 is 0 Å². The van der Waals surface area contributed by atoms with Crippen LogP contribution in [-0.2, 0) is 14.3 Å². The molecule has 0 atom stereocenters. The van der Waals surface area contributed by atoms with Gasteiger partial charge in [0.05, 0.1) is 7.11 Å². The highest BCUT2D eigenvalue weighted by atomic mass is 16.5. The minimum Gasteiger partial charge on any atom is -0.471 e. The van der Waals surface area contributed by atoms with E-state index in [1.807, 2.05) is 6.79 Å². The van der Waals surface area contributed by atoms with Gasteiger partial charge in [0, 0.05) is 7.11 Å². The van der Waals surface area contributed by atoms with E-state index in [0.717, 1.165) is 7.11 Å². The summed E-state index contributed by atoms with van der Waals surface area (Å²) in [4.78, 5) is 17.0. The Morgan fingerprint density at radius 1 is 1.50 bits per heavy atom. The first-order valence-electron chi connectivity index (χ1n) is 1.62. The first-order chi connectivity index (χ1) is 3.91. The summed E-state index contributed by atoms with van der Waals surface area (Å²) in [6, 6.07) is 0. The SMILES string of the molecule is C=O.CO.COC=O. The molecule has 0 aromatic carbocycles. The lowest BCUT2D eigenvalue weighted by atomic mass is 11.5. The minimum absolute atomic E-state index is 0.375. The van der Waals surface area contributed by atoms with Crippen LogP contribution in [0.5, 0.6) is 0 Å². The molecule has 0 aromatic rings. The first kappa shape index (κ1) is 15.7. The van der Waals surface area contributed by atoms with Gasteiger partial charge in [0.15, 0.2) is 0 Å². The number of ether oxygens (including phenoxy) is 1. The quantitative estimate of drug-likeness (QED) is 0.463. The maximum absolute atomic E-state index is 8.95. The van der Waals surface area contributed by atoms with Crippen LogP contribution in [0.2, 0.25) is 0 Å². The number of methoxy groups -OCH3 is 1. The topological polar surface area (TPSA) is 63.6 Å². The van der Waals surface area contributed by atoms with Crippen LogP contribution in [0, 0.1) is 0 Å². The van der Waals surface area contributed by atoms with Crippen molar-refractivity contribution in [3.63, 3.8) is 0 Å². The average molecular weight is 122 g/mol. The van der Waals surface area contributed by atoms with E-state index in [9.17, 15) is 0 Å². The molecule has 0 saturated carbocycles. The number of carbonyl (C=O) groups is 2. The van der Waals surface area contributed by atoms with Gasteiger partial charge in [-0.3, -0.25) is 4.79 Å². The Kier molecular flexibility index (Phi) is 258. The van der Waals surface area contributed by atoms with Gasteiger partial charge in [-0.25, -0.2) is 0 Å². The van der Waals surface area contributed by atoms with Crippen LogP contribution in [0.3, 0.4) is 0 Å². The van der Waals surface area contributed by atoms with Crippen molar-refractivity contribution >= 4 is 13.3 Å². The van der Waals surface area contributed by atoms with E-state index < -0.39 is 0 Å². The Labute approximate surface area is 48.1 Å². The number of aliphatic hydroxyl groups excluding tert-OH is 1. The molecule has 0 aromatic heterocycles. The molecule has 50 valence electrons. The standard InChI is InChI=1S/C2H4O2.CH4O.CH2O/c1-4-2-3;2*1-2/h2H,1H3;2H,1H3;1H2. The van der Waals surface area contributed by atoms with E-state index in [0.29, 0.717) is 6.47 Å². The van der Waals surface area contributed by atoms with Gasteiger partial charge in [0.1, 0.15) is 6.79 Å². The van der Waals surface area contributed by atoms with Gasteiger partial charge in [-0.2, -0.15) is 0 Å². The third kappa shape index (κ3) is 8570. The molecule has 0 rings (SSSR count). The van der Waals surface area contributed by atoms with E-state index in [1.165, 1.54) is 7.11 Å². The molecule has 4 heteroatoms. The van der Waals surface area contributed by atoms with Crippen molar-refractivity contribution in [1.29, 1.82) is 0 Å². The van der Waals surface area contributed by atoms with Gasteiger partial charge in [0.25, 0.3) is 6.47 Å². The zero-order valence-corrected chi connectivity index (χ0v) is 4.96. The molecule has 0 heterocycles. The van der Waals surface area contributed by atoms with E-state index in [4.69, 9.17) is 14.7 Å². The largest absolute Gasteiger partial charge is 0.471 e. The van der Waals surface area contributed by atoms with Crippen molar-refractivity contribution < 1.29 is 19.4 Å². The second-order valence-electron chi connectivity index (χ2n) is 0.332. The third-order valence-corrected chi connectivity index (χ3v) is 0.0962. The molecule has 0 radical (unpaired) electrons. The van der Waals surface area contributed by atoms with Crippen molar-refractivity contribution in [1.82, 2.24) is 0 Å². The monoisotopic (exact) mass is 122 g/mol. The minimum atomic E-state index is 0.375. The Morgan fingerprint density at radius 2 is 1.62 bits per heavy atom. The second kappa shape index (κ2) is 131. The molecular weight excluding hydrogens is 112 g/mol. The molecule has 0 amide bonds. The predicted molar refractivity (Wildman–Crippen MR) is 28.3 cm³/mol. The molecule has 4 nitrogen and oxygen atoms in total. The van der Waals surface area contributed by atoms with Crippen molar-refractivity contribution in [2.24, 2.45) is 0 Å². The third-order valence-electron chi connectivity index (χ3n) is 0.0962. The fourth-order valence-electron chi connectivity index (χ4n) is 0. The molecule has 0 unspecified atom stereocenters. The van der Waals surface area contributed by atoms with E-state index in [1.54, 1.807) is 0 Å². The molecule has 0 fully saturated rings. The smallest absolute Gasteiger partial charge is 0.292 e. The molecule has 8 heavy (non-hydrogen) atoms. The summed E-state index contributed by atoms with van der Waals surface area (Å²) in [5, 5.41) is 7.00. The molecule has 0 aliphatic heterocycles. The zero-order valence-electron chi connectivity index (χ0n) is 4.96. The van der Waals surface area contributed by atoms with Crippen LogP contribution in [-0.4, -0.2) is 32.6 Å². The number of hydrogen-bond acceptors (Lipinski definition) is 4. The molecule has 0 aliphatic rings. The highest BCUT2D eigenvalue weighted by molar-refractivity contribution is 5.36. The van der Waals surface area contributed by atoms with Crippen molar-refractivity contribution in [3.8, 4) is 0 Å². The zero-order chi connectivity index (χ0) is 7.41. The summed E-state index contributed by atoms with van der Waals surface area (Å²) in [6.07, 6.45) is 0. The van der Waals surface area contributed by atoms with Crippen LogP contribution in [0.1, 0.15) is 0 Å². The number of aliphatic hydroxyl groups is 1. The summed E-state index contributed by atoms with van der Waals surface area (Å²) in [5.74, 6) is 0. The fraction of sp³-hybridized carbons (Fsp3) is 0.500. The number of carbonyl (C=O) groups excluding carboxylic acids is 2. The fourth-order valence-corrected chi connectivity index (χ4v) is 0. The van der Waals surface area contributed by atoms with Gasteiger partial charge in [-0.1, -0.05) is 0 Å². The average Bonchev–Trinajstić information content (AvgIpc) is 1.96. The lowest BCUT2D eigenvalue weighted by Crippen LogP contribution is -1.68. The molecule has 0 saturated heterocycles. The highest BCUT2D eigenvalue weighted by Crippen LogP contribution is 1.35. The predicted octanol–water partition coefficient (Wildman–Crippen LogP) is -0.787. The Morgan fingerprint density at radius 3 is 1.62 bits per heavy atom. The van der Waals surface area contributed by atoms with Gasteiger partial charge < -0.3 is 14.6 Å². The van der Waals surface area contributed by atoms with Gasteiger partial charge in [-0.05, 0) is 0 Å². The summed E-state index contributed by atoms with van der Waals surface area (Å²) >= 11 is 0. The van der Waals surface area contributed by atoms with Crippen LogP contribution in [0.25, 0.3) is 0 Å². The second-order valence-corrected chi connectivity index (χ2v) is 0.332. The molecule has 0 bridgehead atoms.